The number of hydrogen-bond acceptors (Lipinski definition) is 8. The van der Waals surface area contributed by atoms with E-state index in [1.165, 1.54) is 0 Å². The van der Waals surface area contributed by atoms with Crippen molar-refractivity contribution in [3.8, 4) is 11.1 Å². The fraction of sp³-hybridized carbons (Fsp3) is 0.391. The number of ether oxygens (including phenoxy) is 1. The topological polar surface area (TPSA) is 92.3 Å². The molecule has 8 nitrogen and oxygen atoms in total. The van der Waals surface area contributed by atoms with Crippen molar-refractivity contribution in [2.45, 2.75) is 45.3 Å². The van der Waals surface area contributed by atoms with Crippen LogP contribution in [0.4, 0.5) is 22.4 Å². The van der Waals surface area contributed by atoms with E-state index in [2.05, 4.69) is 37.0 Å². The van der Waals surface area contributed by atoms with Crippen LogP contribution in [0.2, 0.25) is 5.02 Å². The van der Waals surface area contributed by atoms with E-state index in [4.69, 9.17) is 16.3 Å². The van der Waals surface area contributed by atoms with Gasteiger partial charge in [0.2, 0.25) is 5.95 Å². The number of likely N-dealkylation sites (tertiary alicyclic amines) is 1. The Labute approximate surface area is 202 Å². The van der Waals surface area contributed by atoms with Crippen LogP contribution in [0.15, 0.2) is 41.4 Å². The molecule has 0 radical (unpaired) electrons. The molecular weight excluding hydrogens is 460 g/mol. The minimum Gasteiger partial charge on any atom is -0.444 e. The molecule has 3 aromatic rings. The lowest BCUT2D eigenvalue weighted by molar-refractivity contribution is 0.0210. The van der Waals surface area contributed by atoms with Crippen molar-refractivity contribution >= 4 is 46.6 Å². The summed E-state index contributed by atoms with van der Waals surface area (Å²) < 4.78 is 5.46. The van der Waals surface area contributed by atoms with E-state index in [1.54, 1.807) is 22.4 Å². The third-order valence-electron chi connectivity index (χ3n) is 5.09. The Balaban J connectivity index is 1.35. The van der Waals surface area contributed by atoms with E-state index >= 15 is 0 Å². The summed E-state index contributed by atoms with van der Waals surface area (Å²) >= 11 is 7.99. The quantitative estimate of drug-likeness (QED) is 0.470. The van der Waals surface area contributed by atoms with Crippen molar-refractivity contribution in [3.63, 3.8) is 0 Å². The molecule has 4 heterocycles. The van der Waals surface area contributed by atoms with Gasteiger partial charge in [-0.15, -0.1) is 0 Å². The number of hydrogen-bond donors (Lipinski definition) is 2. The second-order valence-electron chi connectivity index (χ2n) is 8.85. The van der Waals surface area contributed by atoms with Gasteiger partial charge in [-0.05, 0) is 68.1 Å². The summed E-state index contributed by atoms with van der Waals surface area (Å²) in [4.78, 5) is 27.3. The van der Waals surface area contributed by atoms with Gasteiger partial charge in [-0.25, -0.2) is 14.8 Å². The van der Waals surface area contributed by atoms with Gasteiger partial charge in [0.15, 0.2) is 5.82 Å². The number of thiophene rings is 1. The minimum absolute atomic E-state index is 0.145. The number of amides is 1. The van der Waals surface area contributed by atoms with E-state index < -0.39 is 5.60 Å². The zero-order valence-corrected chi connectivity index (χ0v) is 20.4. The highest BCUT2D eigenvalue weighted by Crippen LogP contribution is 2.26. The van der Waals surface area contributed by atoms with Crippen LogP contribution in [-0.2, 0) is 4.74 Å². The molecule has 1 aliphatic heterocycles. The number of halogens is 1. The average molecular weight is 487 g/mol. The summed E-state index contributed by atoms with van der Waals surface area (Å²) in [5.41, 5.74) is 1.70. The van der Waals surface area contributed by atoms with Gasteiger partial charge in [-0.3, -0.25) is 0 Å². The number of carbonyl (C=O) groups is 1. The second-order valence-corrected chi connectivity index (χ2v) is 10.0. The van der Waals surface area contributed by atoms with Gasteiger partial charge < -0.3 is 20.3 Å². The first-order chi connectivity index (χ1) is 15.8. The first-order valence-electron chi connectivity index (χ1n) is 10.8. The number of carbonyl (C=O) groups excluding carboxylic acids is 1. The Morgan fingerprint density at radius 1 is 1.15 bits per heavy atom. The molecule has 1 fully saturated rings. The first kappa shape index (κ1) is 23.3. The molecule has 174 valence electrons. The summed E-state index contributed by atoms with van der Waals surface area (Å²) in [5, 5.41) is 11.1. The Hall–Kier alpha value is -2.91. The Bertz CT molecular complexity index is 1080. The van der Waals surface area contributed by atoms with E-state index in [0.717, 1.165) is 24.0 Å². The minimum atomic E-state index is -0.497. The molecule has 1 amide bonds. The SMILES string of the molecule is CC(C)(C)OC(=O)N1CCC(Nc2nc(Nc3ccc(-c4ccsc4)cn3)ncc2Cl)CC1. The van der Waals surface area contributed by atoms with E-state index in [-0.39, 0.29) is 12.1 Å². The molecular formula is C23H27ClN6O2S. The highest BCUT2D eigenvalue weighted by atomic mass is 35.5. The van der Waals surface area contributed by atoms with Crippen molar-refractivity contribution in [1.29, 1.82) is 0 Å². The second kappa shape index (κ2) is 9.93. The number of nitrogens with zero attached hydrogens (tertiary/aromatic N) is 4. The third kappa shape index (κ3) is 6.33. The lowest BCUT2D eigenvalue weighted by Crippen LogP contribution is -2.44. The van der Waals surface area contributed by atoms with Crippen molar-refractivity contribution in [2.75, 3.05) is 23.7 Å². The molecule has 0 atom stereocenters. The van der Waals surface area contributed by atoms with E-state index in [0.29, 0.717) is 35.7 Å². The molecule has 10 heteroatoms. The normalized spacial score (nSPS) is 14.7. The van der Waals surface area contributed by atoms with Crippen LogP contribution >= 0.6 is 22.9 Å². The molecule has 1 aliphatic rings. The van der Waals surface area contributed by atoms with Crippen molar-refractivity contribution in [2.24, 2.45) is 0 Å². The number of rotatable bonds is 5. The predicted molar refractivity (Wildman–Crippen MR) is 132 cm³/mol. The van der Waals surface area contributed by atoms with Crippen molar-refractivity contribution in [1.82, 2.24) is 19.9 Å². The van der Waals surface area contributed by atoms with Crippen LogP contribution in [0.3, 0.4) is 0 Å². The molecule has 2 N–H and O–H groups in total. The van der Waals surface area contributed by atoms with Crippen molar-refractivity contribution in [3.05, 3.63) is 46.4 Å². The highest BCUT2D eigenvalue weighted by Gasteiger charge is 2.27. The number of piperidine rings is 1. The van der Waals surface area contributed by atoms with Crippen LogP contribution in [-0.4, -0.2) is 50.7 Å². The standard InChI is InChI=1S/C23H27ClN6O2S/c1-23(2,3)32-22(31)30-9-6-17(7-10-30)27-20-18(24)13-26-21(29-20)28-19-5-4-15(12-25-19)16-8-11-33-14-16/h4-5,8,11-14,17H,6-7,9-10H2,1-3H3,(H2,25,26,27,28,29). The maximum Gasteiger partial charge on any atom is 0.410 e. The summed E-state index contributed by atoms with van der Waals surface area (Å²) in [5.74, 6) is 1.61. The van der Waals surface area contributed by atoms with Gasteiger partial charge in [0.05, 0.1) is 6.20 Å². The molecule has 0 saturated carbocycles. The number of anilines is 3. The molecule has 0 bridgehead atoms. The Morgan fingerprint density at radius 3 is 2.58 bits per heavy atom. The van der Waals surface area contributed by atoms with E-state index in [9.17, 15) is 4.79 Å². The monoisotopic (exact) mass is 486 g/mol. The molecule has 3 aromatic heterocycles. The van der Waals surface area contributed by atoms with Crippen LogP contribution in [0.25, 0.3) is 11.1 Å². The van der Waals surface area contributed by atoms with Gasteiger partial charge in [-0.2, -0.15) is 16.3 Å². The number of aromatic nitrogens is 3. The number of nitrogens with one attached hydrogen (secondary N) is 2. The molecule has 0 aromatic carbocycles. The summed E-state index contributed by atoms with van der Waals surface area (Å²) in [6.07, 6.45) is 4.65. The van der Waals surface area contributed by atoms with Gasteiger partial charge in [0, 0.05) is 30.9 Å². The highest BCUT2D eigenvalue weighted by molar-refractivity contribution is 7.08. The van der Waals surface area contributed by atoms with Gasteiger partial charge in [0.25, 0.3) is 0 Å². The zero-order chi connectivity index (χ0) is 23.4. The lowest BCUT2D eigenvalue weighted by atomic mass is 10.1. The van der Waals surface area contributed by atoms with Crippen LogP contribution < -0.4 is 10.6 Å². The van der Waals surface area contributed by atoms with Crippen LogP contribution in [0.5, 0.6) is 0 Å². The van der Waals surface area contributed by atoms with Crippen LogP contribution in [0.1, 0.15) is 33.6 Å². The van der Waals surface area contributed by atoms with Gasteiger partial charge in [-0.1, -0.05) is 11.6 Å². The summed E-state index contributed by atoms with van der Waals surface area (Å²) in [7, 11) is 0. The smallest absolute Gasteiger partial charge is 0.410 e. The fourth-order valence-electron chi connectivity index (χ4n) is 3.44. The molecule has 4 rings (SSSR count). The maximum atomic E-state index is 12.3. The van der Waals surface area contributed by atoms with Crippen molar-refractivity contribution < 1.29 is 9.53 Å². The summed E-state index contributed by atoms with van der Waals surface area (Å²) in [6, 6.07) is 6.11. The number of pyridine rings is 1. The Morgan fingerprint density at radius 2 is 1.94 bits per heavy atom. The molecule has 0 spiro atoms. The zero-order valence-electron chi connectivity index (χ0n) is 18.8. The first-order valence-corrected chi connectivity index (χ1v) is 12.1. The molecule has 33 heavy (non-hydrogen) atoms. The predicted octanol–water partition coefficient (Wildman–Crippen LogP) is 5.81. The maximum absolute atomic E-state index is 12.3. The Kier molecular flexibility index (Phi) is 6.99. The molecule has 0 aliphatic carbocycles. The van der Waals surface area contributed by atoms with Crippen LogP contribution in [0, 0.1) is 0 Å². The van der Waals surface area contributed by atoms with E-state index in [1.807, 2.05) is 44.5 Å². The molecule has 0 unspecified atom stereocenters. The average Bonchev–Trinajstić information content (AvgIpc) is 3.31. The lowest BCUT2D eigenvalue weighted by Gasteiger charge is -2.34. The van der Waals surface area contributed by atoms with Gasteiger partial charge in [0.1, 0.15) is 16.4 Å². The summed E-state index contributed by atoms with van der Waals surface area (Å²) in [6.45, 7) is 6.84. The molecule has 1 saturated heterocycles. The fourth-order valence-corrected chi connectivity index (χ4v) is 4.25. The van der Waals surface area contributed by atoms with Gasteiger partial charge >= 0.3 is 6.09 Å². The third-order valence-corrected chi connectivity index (χ3v) is 6.05. The largest absolute Gasteiger partial charge is 0.444 e.